The molecule has 0 aliphatic carbocycles. The van der Waals surface area contributed by atoms with Gasteiger partial charge in [-0.2, -0.15) is 4.98 Å². The average molecular weight is 581 g/mol. The lowest BCUT2D eigenvalue weighted by molar-refractivity contribution is -0.0593. The first kappa shape index (κ1) is 27.9. The molecule has 2 aliphatic heterocycles. The number of benzene rings is 1. The van der Waals surface area contributed by atoms with Gasteiger partial charge < -0.3 is 23.9 Å². The molecule has 220 valence electrons. The normalized spacial score (nSPS) is 20.8. The van der Waals surface area contributed by atoms with Crippen molar-refractivity contribution < 1.29 is 32.9 Å². The number of nitrogens with zero attached hydrogens (tertiary/aromatic N) is 6. The molecule has 5 heterocycles. The third-order valence-electron chi connectivity index (χ3n) is 7.64. The van der Waals surface area contributed by atoms with E-state index in [2.05, 4.69) is 26.8 Å². The molecule has 0 saturated carbocycles. The molecule has 3 atom stereocenters. The van der Waals surface area contributed by atoms with Gasteiger partial charge in [0.05, 0.1) is 30.3 Å². The van der Waals surface area contributed by atoms with Crippen LogP contribution in [-0.4, -0.2) is 71.9 Å². The van der Waals surface area contributed by atoms with Crippen molar-refractivity contribution in [2.24, 2.45) is 0 Å². The summed E-state index contributed by atoms with van der Waals surface area (Å²) >= 11 is 0. The molecular weight excluding hydrogens is 550 g/mol. The number of likely N-dealkylation sites (tertiary alicyclic amines) is 1. The molecular formula is C29H30F2N6O5. The van der Waals surface area contributed by atoms with Crippen molar-refractivity contribution in [3.63, 3.8) is 0 Å². The maximum absolute atomic E-state index is 13.9. The van der Waals surface area contributed by atoms with Gasteiger partial charge in [-0.1, -0.05) is 0 Å². The summed E-state index contributed by atoms with van der Waals surface area (Å²) in [5.74, 6) is -1.05. The number of halogens is 2. The van der Waals surface area contributed by atoms with Crippen LogP contribution in [-0.2, 0) is 24.4 Å². The zero-order valence-electron chi connectivity index (χ0n) is 22.9. The summed E-state index contributed by atoms with van der Waals surface area (Å²) in [5.41, 5.74) is 1.33. The Morgan fingerprint density at radius 3 is 2.76 bits per heavy atom. The Morgan fingerprint density at radius 2 is 2.02 bits per heavy atom. The van der Waals surface area contributed by atoms with Crippen molar-refractivity contribution in [1.82, 2.24) is 29.4 Å². The highest BCUT2D eigenvalue weighted by atomic mass is 19.1. The maximum atomic E-state index is 13.9. The number of fused-ring (bicyclic) bond motifs is 1. The van der Waals surface area contributed by atoms with Crippen LogP contribution in [0.5, 0.6) is 11.6 Å². The van der Waals surface area contributed by atoms with Crippen LogP contribution < -0.4 is 9.47 Å². The predicted molar refractivity (Wildman–Crippen MR) is 145 cm³/mol. The fourth-order valence-corrected chi connectivity index (χ4v) is 5.25. The van der Waals surface area contributed by atoms with E-state index < -0.39 is 17.6 Å². The fraction of sp³-hybridized carbons (Fsp3) is 0.414. The number of ether oxygens (including phenoxy) is 3. The van der Waals surface area contributed by atoms with E-state index in [4.69, 9.17) is 19.2 Å². The van der Waals surface area contributed by atoms with Crippen LogP contribution in [0.15, 0.2) is 42.7 Å². The van der Waals surface area contributed by atoms with Crippen LogP contribution in [0.4, 0.5) is 8.78 Å². The molecule has 0 bridgehead atoms. The van der Waals surface area contributed by atoms with Gasteiger partial charge >= 0.3 is 5.97 Å². The SMILES string of the molecule is C[C@H]1C[C@@H](Oc2ccnc(COc3ccc(F)cc3F)n2)CCN1Cc1nc2ncc(C(=O)O)cc2n1C[C@@H]1CCO1. The minimum Gasteiger partial charge on any atom is -0.483 e. The Bertz CT molecular complexity index is 1600. The Morgan fingerprint density at radius 1 is 1.17 bits per heavy atom. The highest BCUT2D eigenvalue weighted by Crippen LogP contribution is 2.26. The molecule has 0 spiro atoms. The predicted octanol–water partition coefficient (Wildman–Crippen LogP) is 4.00. The van der Waals surface area contributed by atoms with Gasteiger partial charge in [0.15, 0.2) is 23.0 Å². The van der Waals surface area contributed by atoms with Gasteiger partial charge in [-0.15, -0.1) is 0 Å². The zero-order chi connectivity index (χ0) is 29.2. The lowest BCUT2D eigenvalue weighted by atomic mass is 10.0. The van der Waals surface area contributed by atoms with Crippen LogP contribution in [0.2, 0.25) is 0 Å². The molecule has 6 rings (SSSR count). The van der Waals surface area contributed by atoms with Gasteiger partial charge in [-0.25, -0.2) is 28.5 Å². The highest BCUT2D eigenvalue weighted by Gasteiger charge is 2.30. The largest absolute Gasteiger partial charge is 0.483 e. The fourth-order valence-electron chi connectivity index (χ4n) is 5.25. The average Bonchev–Trinajstić information content (AvgIpc) is 3.28. The first-order chi connectivity index (χ1) is 20.3. The van der Waals surface area contributed by atoms with Crippen LogP contribution in [0.1, 0.15) is 48.2 Å². The van der Waals surface area contributed by atoms with E-state index in [1.54, 1.807) is 18.3 Å². The van der Waals surface area contributed by atoms with E-state index in [1.807, 2.05) is 4.57 Å². The number of carboxylic acids is 1. The molecule has 1 aromatic carbocycles. The van der Waals surface area contributed by atoms with Crippen molar-refractivity contribution in [3.05, 3.63) is 71.6 Å². The second-order valence-corrected chi connectivity index (χ2v) is 10.6. The molecule has 0 unspecified atom stereocenters. The monoisotopic (exact) mass is 580 g/mol. The van der Waals surface area contributed by atoms with Crippen molar-refractivity contribution in [3.8, 4) is 11.6 Å². The van der Waals surface area contributed by atoms with Crippen LogP contribution >= 0.6 is 0 Å². The summed E-state index contributed by atoms with van der Waals surface area (Å²) in [7, 11) is 0. The maximum Gasteiger partial charge on any atom is 0.337 e. The van der Waals surface area contributed by atoms with Crippen LogP contribution in [0.25, 0.3) is 11.2 Å². The lowest BCUT2D eigenvalue weighted by Gasteiger charge is -2.37. The van der Waals surface area contributed by atoms with Crippen LogP contribution in [0, 0.1) is 11.6 Å². The molecule has 42 heavy (non-hydrogen) atoms. The molecule has 1 N–H and O–H groups in total. The molecule has 2 aliphatic rings. The number of rotatable bonds is 10. The summed E-state index contributed by atoms with van der Waals surface area (Å²) in [6.45, 7) is 4.70. The van der Waals surface area contributed by atoms with Gasteiger partial charge in [0, 0.05) is 43.7 Å². The van der Waals surface area contributed by atoms with E-state index in [9.17, 15) is 18.7 Å². The van der Waals surface area contributed by atoms with Gasteiger partial charge in [-0.3, -0.25) is 4.90 Å². The van der Waals surface area contributed by atoms with Gasteiger partial charge in [0.2, 0.25) is 5.88 Å². The minimum atomic E-state index is -1.03. The number of carbonyl (C=O) groups is 1. The van der Waals surface area contributed by atoms with E-state index in [1.165, 1.54) is 12.3 Å². The van der Waals surface area contributed by atoms with Crippen molar-refractivity contribution in [1.29, 1.82) is 0 Å². The Labute approximate surface area is 240 Å². The number of hydrogen-bond acceptors (Lipinski definition) is 9. The summed E-state index contributed by atoms with van der Waals surface area (Å²) in [4.78, 5) is 31.5. The standard InChI is InChI=1S/C29H30F2N6O5/c1-17-10-20(42-27-4-7-32-25(34-27)16-41-24-3-2-19(30)12-22(24)31)5-8-36(17)15-26-35-28-23(11-18(13-33-28)29(38)39)37(26)14-21-6-9-40-21/h2-4,7,11-13,17,20-21H,5-6,8-10,14-16H2,1H3,(H,38,39)/t17-,20-,21-/m0/s1. The Balaban J connectivity index is 1.09. The van der Waals surface area contributed by atoms with Crippen molar-refractivity contribution in [2.45, 2.75) is 64.1 Å². The number of carboxylic acid groups (broad SMARTS) is 1. The van der Waals surface area contributed by atoms with E-state index in [0.29, 0.717) is 36.0 Å². The van der Waals surface area contributed by atoms with E-state index in [-0.39, 0.29) is 36.2 Å². The van der Waals surface area contributed by atoms with Gasteiger partial charge in [-0.05, 0) is 44.4 Å². The quantitative estimate of drug-likeness (QED) is 0.294. The van der Waals surface area contributed by atoms with Gasteiger partial charge in [0.1, 0.15) is 24.4 Å². The lowest BCUT2D eigenvalue weighted by Crippen LogP contribution is -2.44. The summed E-state index contributed by atoms with van der Waals surface area (Å²) < 4.78 is 46.3. The summed E-state index contributed by atoms with van der Waals surface area (Å²) in [5, 5.41) is 9.46. The minimum absolute atomic E-state index is 0.0727. The van der Waals surface area contributed by atoms with Crippen LogP contribution in [0.3, 0.4) is 0 Å². The topological polar surface area (TPSA) is 125 Å². The van der Waals surface area contributed by atoms with Crippen molar-refractivity contribution in [2.75, 3.05) is 13.2 Å². The molecule has 11 nitrogen and oxygen atoms in total. The molecule has 2 fully saturated rings. The third kappa shape index (κ3) is 6.16. The molecule has 2 saturated heterocycles. The van der Waals surface area contributed by atoms with E-state index >= 15 is 0 Å². The molecule has 0 amide bonds. The number of aromatic carboxylic acids is 1. The molecule has 3 aromatic heterocycles. The number of pyridine rings is 1. The number of aromatic nitrogens is 5. The molecule has 4 aromatic rings. The second-order valence-electron chi connectivity index (χ2n) is 10.6. The number of imidazole rings is 1. The smallest absolute Gasteiger partial charge is 0.337 e. The van der Waals surface area contributed by atoms with Gasteiger partial charge in [0.25, 0.3) is 0 Å². The summed E-state index contributed by atoms with van der Waals surface area (Å²) in [6.07, 6.45) is 5.35. The Kier molecular flexibility index (Phi) is 7.94. The highest BCUT2D eigenvalue weighted by molar-refractivity contribution is 5.91. The molecule has 13 heteroatoms. The molecule has 0 radical (unpaired) electrons. The zero-order valence-corrected chi connectivity index (χ0v) is 22.9. The second kappa shape index (κ2) is 11.9. The number of hydrogen-bond donors (Lipinski definition) is 1. The first-order valence-electron chi connectivity index (χ1n) is 13.8. The van der Waals surface area contributed by atoms with E-state index in [0.717, 1.165) is 50.4 Å². The third-order valence-corrected chi connectivity index (χ3v) is 7.64. The van der Waals surface area contributed by atoms with Crippen molar-refractivity contribution >= 4 is 17.1 Å². The summed E-state index contributed by atoms with van der Waals surface area (Å²) in [6, 6.07) is 6.57. The number of piperidine rings is 1. The Hall–Kier alpha value is -4.23. The first-order valence-corrected chi connectivity index (χ1v) is 13.8.